The van der Waals surface area contributed by atoms with Crippen LogP contribution in [0.25, 0.3) is 11.1 Å². The fourth-order valence-electron chi connectivity index (χ4n) is 2.20. The average molecular weight is 327 g/mol. The minimum Gasteiger partial charge on any atom is -0.497 e. The van der Waals surface area contributed by atoms with Crippen LogP contribution in [0.1, 0.15) is 17.3 Å². The second kappa shape index (κ2) is 6.04. The number of nitrogens with zero attached hydrogens (tertiary/aromatic N) is 1. The maximum absolute atomic E-state index is 12.3. The molecule has 0 aliphatic rings. The molecule has 0 aliphatic carbocycles. The van der Waals surface area contributed by atoms with Crippen molar-refractivity contribution in [3.8, 4) is 11.5 Å². The van der Waals surface area contributed by atoms with Crippen molar-refractivity contribution in [3.63, 3.8) is 0 Å². The number of rotatable bonds is 3. The molecule has 0 spiro atoms. The zero-order chi connectivity index (χ0) is 17.3. The number of ether oxygens (including phenoxy) is 2. The summed E-state index contributed by atoms with van der Waals surface area (Å²) in [6.45, 7) is 1.40. The molecule has 0 unspecified atom stereocenters. The van der Waals surface area contributed by atoms with Gasteiger partial charge >= 0.3 is 11.8 Å². The van der Waals surface area contributed by atoms with E-state index in [4.69, 9.17) is 13.9 Å². The number of fused-ring (bicyclic) bond motifs is 1. The number of ketones is 1. The quantitative estimate of drug-likeness (QED) is 0.687. The zero-order valence-corrected chi connectivity index (χ0v) is 12.9. The van der Waals surface area contributed by atoms with Gasteiger partial charge in [0.2, 0.25) is 0 Å². The molecule has 0 amide bonds. The molecule has 0 bridgehead atoms. The molecule has 3 rings (SSSR count). The standard InChI is InChI=1S/C17H13NO6/c1-10(19)11-3-8-14-15(9-11)24-17(21)18(14)16(20)23-13-6-4-12(22-2)5-7-13/h3-9H,1-2H3. The van der Waals surface area contributed by atoms with E-state index in [1.807, 2.05) is 0 Å². The summed E-state index contributed by atoms with van der Waals surface area (Å²) in [6.07, 6.45) is -0.903. The van der Waals surface area contributed by atoms with E-state index in [0.29, 0.717) is 11.3 Å². The number of oxazole rings is 1. The largest absolute Gasteiger partial charge is 0.497 e. The van der Waals surface area contributed by atoms with Gasteiger partial charge in [0, 0.05) is 5.56 Å². The van der Waals surface area contributed by atoms with Crippen molar-refractivity contribution in [2.75, 3.05) is 7.11 Å². The first kappa shape index (κ1) is 15.5. The molecule has 2 aromatic carbocycles. The van der Waals surface area contributed by atoms with Crippen molar-refractivity contribution in [2.24, 2.45) is 0 Å². The third kappa shape index (κ3) is 2.79. The second-order valence-electron chi connectivity index (χ2n) is 4.99. The van der Waals surface area contributed by atoms with Gasteiger partial charge in [-0.2, -0.15) is 4.57 Å². The second-order valence-corrected chi connectivity index (χ2v) is 4.99. The Morgan fingerprint density at radius 2 is 1.71 bits per heavy atom. The van der Waals surface area contributed by atoms with Crippen LogP contribution in [0, 0.1) is 0 Å². The van der Waals surface area contributed by atoms with E-state index in [1.54, 1.807) is 12.1 Å². The minimum absolute atomic E-state index is 0.138. The predicted molar refractivity (Wildman–Crippen MR) is 84.9 cm³/mol. The lowest BCUT2D eigenvalue weighted by atomic mass is 10.1. The molecule has 1 heterocycles. The summed E-state index contributed by atoms with van der Waals surface area (Å²) in [5, 5.41) is 0. The van der Waals surface area contributed by atoms with Gasteiger partial charge < -0.3 is 13.9 Å². The Morgan fingerprint density at radius 3 is 2.33 bits per heavy atom. The van der Waals surface area contributed by atoms with Gasteiger partial charge in [-0.1, -0.05) is 0 Å². The highest BCUT2D eigenvalue weighted by Gasteiger charge is 2.19. The molecule has 0 N–H and O–H groups in total. The van der Waals surface area contributed by atoms with Gasteiger partial charge in [0.25, 0.3) is 0 Å². The van der Waals surface area contributed by atoms with Gasteiger partial charge in [0.05, 0.1) is 7.11 Å². The lowest BCUT2D eigenvalue weighted by Crippen LogP contribution is -2.26. The Morgan fingerprint density at radius 1 is 1.04 bits per heavy atom. The fourth-order valence-corrected chi connectivity index (χ4v) is 2.20. The van der Waals surface area contributed by atoms with Crippen molar-refractivity contribution < 1.29 is 23.5 Å². The number of carbonyl (C=O) groups is 2. The topological polar surface area (TPSA) is 87.7 Å². The van der Waals surface area contributed by atoms with Gasteiger partial charge in [0.1, 0.15) is 17.0 Å². The summed E-state index contributed by atoms with van der Waals surface area (Å²) >= 11 is 0. The van der Waals surface area contributed by atoms with Crippen molar-refractivity contribution in [2.45, 2.75) is 6.92 Å². The summed E-state index contributed by atoms with van der Waals surface area (Å²) in [7, 11) is 1.52. The third-order valence-corrected chi connectivity index (χ3v) is 3.43. The monoisotopic (exact) mass is 327 g/mol. The molecule has 1 aromatic heterocycles. The Bertz CT molecular complexity index is 980. The van der Waals surface area contributed by atoms with E-state index >= 15 is 0 Å². The summed E-state index contributed by atoms with van der Waals surface area (Å²) in [4.78, 5) is 35.6. The molecule has 7 nitrogen and oxygen atoms in total. The zero-order valence-electron chi connectivity index (χ0n) is 12.9. The molecule has 7 heteroatoms. The van der Waals surface area contributed by atoms with Gasteiger partial charge in [-0.3, -0.25) is 4.79 Å². The minimum atomic E-state index is -0.903. The van der Waals surface area contributed by atoms with Gasteiger partial charge in [-0.05, 0) is 49.4 Å². The Hall–Kier alpha value is -3.35. The van der Waals surface area contributed by atoms with Crippen LogP contribution in [0.3, 0.4) is 0 Å². The number of aromatic nitrogens is 1. The summed E-state index contributed by atoms with van der Waals surface area (Å²) in [6, 6.07) is 10.7. The first-order valence-electron chi connectivity index (χ1n) is 7.02. The molecule has 0 fully saturated rings. The van der Waals surface area contributed by atoms with Crippen LogP contribution in [0.15, 0.2) is 51.7 Å². The average Bonchev–Trinajstić information content (AvgIpc) is 2.90. The molecule has 0 saturated heterocycles. The van der Waals surface area contributed by atoms with Gasteiger partial charge in [-0.15, -0.1) is 0 Å². The van der Waals surface area contributed by atoms with Crippen LogP contribution in [0.4, 0.5) is 4.79 Å². The number of methoxy groups -OCH3 is 1. The highest BCUT2D eigenvalue weighted by atomic mass is 16.6. The molecule has 24 heavy (non-hydrogen) atoms. The number of hydrogen-bond acceptors (Lipinski definition) is 6. The maximum atomic E-state index is 12.3. The summed E-state index contributed by atoms with van der Waals surface area (Å²) in [5.41, 5.74) is 0.745. The number of hydrogen-bond donors (Lipinski definition) is 0. The summed E-state index contributed by atoms with van der Waals surface area (Å²) in [5.74, 6) is -0.197. The summed E-state index contributed by atoms with van der Waals surface area (Å²) < 4.78 is 16.0. The smallest absolute Gasteiger partial charge is 0.429 e. The first-order valence-corrected chi connectivity index (χ1v) is 7.02. The predicted octanol–water partition coefficient (Wildman–Crippen LogP) is 2.85. The van der Waals surface area contributed by atoms with Crippen LogP contribution in [-0.4, -0.2) is 23.6 Å². The SMILES string of the molecule is COc1ccc(OC(=O)n2c(=O)oc3cc(C(C)=O)ccc32)cc1. The molecule has 0 atom stereocenters. The van der Waals surface area contributed by atoms with Crippen molar-refractivity contribution in [1.29, 1.82) is 0 Å². The number of carbonyl (C=O) groups excluding carboxylic acids is 2. The highest BCUT2D eigenvalue weighted by molar-refractivity contribution is 5.97. The number of Topliss-reactive ketones (excluding diaryl/α,β-unsaturated/α-hetero) is 1. The van der Waals surface area contributed by atoms with Crippen molar-refractivity contribution in [1.82, 2.24) is 4.57 Å². The van der Waals surface area contributed by atoms with Crippen molar-refractivity contribution in [3.05, 3.63) is 58.6 Å². The molecule has 3 aromatic rings. The van der Waals surface area contributed by atoms with E-state index in [9.17, 15) is 14.4 Å². The third-order valence-electron chi connectivity index (χ3n) is 3.43. The van der Waals surface area contributed by atoms with Crippen LogP contribution >= 0.6 is 0 Å². The maximum Gasteiger partial charge on any atom is 0.429 e. The van der Waals surface area contributed by atoms with E-state index in [2.05, 4.69) is 0 Å². The lowest BCUT2D eigenvalue weighted by molar-refractivity contribution is 0.101. The van der Waals surface area contributed by atoms with E-state index < -0.39 is 11.8 Å². The van der Waals surface area contributed by atoms with Crippen LogP contribution in [-0.2, 0) is 0 Å². The molecular formula is C17H13NO6. The number of benzene rings is 2. The van der Waals surface area contributed by atoms with E-state index in [-0.39, 0.29) is 22.6 Å². The van der Waals surface area contributed by atoms with E-state index in [1.165, 1.54) is 44.4 Å². The van der Waals surface area contributed by atoms with E-state index in [0.717, 1.165) is 4.57 Å². The first-order chi connectivity index (χ1) is 11.5. The van der Waals surface area contributed by atoms with Crippen LogP contribution < -0.4 is 15.2 Å². The molecular weight excluding hydrogens is 314 g/mol. The molecule has 122 valence electrons. The fraction of sp³-hybridized carbons (Fsp3) is 0.118. The Labute approximate surface area is 136 Å². The molecule has 0 saturated carbocycles. The molecule has 0 radical (unpaired) electrons. The Kier molecular flexibility index (Phi) is 3.91. The normalized spacial score (nSPS) is 10.6. The van der Waals surface area contributed by atoms with Crippen LogP contribution in [0.2, 0.25) is 0 Å². The highest BCUT2D eigenvalue weighted by Crippen LogP contribution is 2.19. The van der Waals surface area contributed by atoms with Gasteiger partial charge in [-0.25, -0.2) is 9.59 Å². The van der Waals surface area contributed by atoms with Crippen molar-refractivity contribution >= 4 is 23.0 Å². The molecule has 0 aliphatic heterocycles. The van der Waals surface area contributed by atoms with Gasteiger partial charge in [0.15, 0.2) is 11.4 Å². The van der Waals surface area contributed by atoms with Crippen LogP contribution in [0.5, 0.6) is 11.5 Å². The lowest BCUT2D eigenvalue weighted by Gasteiger charge is -2.05. The Balaban J connectivity index is 1.95.